The topological polar surface area (TPSA) is 61.9 Å². The Morgan fingerprint density at radius 2 is 1.97 bits per heavy atom. The van der Waals surface area contributed by atoms with Crippen LogP contribution in [0.3, 0.4) is 0 Å². The highest BCUT2D eigenvalue weighted by Crippen LogP contribution is 2.45. The number of hydrogen-bond donors (Lipinski definition) is 0. The second-order valence-electron chi connectivity index (χ2n) is 11.3. The van der Waals surface area contributed by atoms with Crippen molar-refractivity contribution in [2.24, 2.45) is 0 Å². The van der Waals surface area contributed by atoms with E-state index in [1.807, 2.05) is 11.6 Å². The van der Waals surface area contributed by atoms with Crippen molar-refractivity contribution in [2.75, 3.05) is 6.61 Å². The second kappa shape index (κ2) is 8.65. The first-order valence-electron chi connectivity index (χ1n) is 13.4. The fraction of sp³-hybridized carbons (Fsp3) is 0.552. The second-order valence-corrected chi connectivity index (χ2v) is 11.3. The van der Waals surface area contributed by atoms with E-state index in [1.165, 1.54) is 42.5 Å². The molecule has 2 atom stereocenters. The molecule has 3 aromatic rings. The molecule has 3 aliphatic rings. The third-order valence-electron chi connectivity index (χ3n) is 8.38. The molecule has 6 rings (SSSR count). The van der Waals surface area contributed by atoms with Gasteiger partial charge in [0.15, 0.2) is 0 Å². The number of hydrogen-bond acceptors (Lipinski definition) is 4. The van der Waals surface area contributed by atoms with Gasteiger partial charge in [-0.2, -0.15) is 10.2 Å². The lowest BCUT2D eigenvalue weighted by molar-refractivity contribution is 0.0525. The van der Waals surface area contributed by atoms with Crippen LogP contribution in [0, 0.1) is 0 Å². The minimum Gasteiger partial charge on any atom is -0.462 e. The lowest BCUT2D eigenvalue weighted by Crippen LogP contribution is -2.25. The van der Waals surface area contributed by atoms with Gasteiger partial charge in [-0.1, -0.05) is 32.4 Å². The first-order chi connectivity index (χ1) is 17.0. The fourth-order valence-corrected chi connectivity index (χ4v) is 6.45. The molecular formula is C29H36N4O2. The number of benzene rings is 1. The molecule has 2 heterocycles. The van der Waals surface area contributed by atoms with E-state index in [-0.39, 0.29) is 11.4 Å². The summed E-state index contributed by atoms with van der Waals surface area (Å²) in [4.78, 5) is 12.5. The molecule has 6 heteroatoms. The maximum Gasteiger partial charge on any atom is 0.341 e. The van der Waals surface area contributed by atoms with Crippen molar-refractivity contribution in [3.8, 4) is 5.69 Å². The molecule has 35 heavy (non-hydrogen) atoms. The van der Waals surface area contributed by atoms with Crippen LogP contribution in [0.5, 0.6) is 0 Å². The molecule has 1 unspecified atom stereocenters. The quantitative estimate of drug-likeness (QED) is 0.398. The van der Waals surface area contributed by atoms with E-state index in [2.05, 4.69) is 54.1 Å². The van der Waals surface area contributed by atoms with E-state index in [1.54, 1.807) is 6.20 Å². The third kappa shape index (κ3) is 4.01. The normalized spacial score (nSPS) is 23.3. The standard InChI is InChI=1S/C29H36N4O2/c1-4-35-28(34)25-18-31-32(26(25)19-11-12-19)23-9-5-7-20(15-23)21-8-6-10-24(16-21)33-27-22(17-30-33)13-14-29(27,2)3/h5,7,9,15,17-19,21,24H,4,6,8,10-14,16H2,1-3H3/t21-,24?/m1/s1. The van der Waals surface area contributed by atoms with Crippen molar-refractivity contribution < 1.29 is 9.53 Å². The zero-order chi connectivity index (χ0) is 24.2. The maximum atomic E-state index is 12.5. The molecule has 1 aromatic carbocycles. The summed E-state index contributed by atoms with van der Waals surface area (Å²) in [5.74, 6) is 0.633. The van der Waals surface area contributed by atoms with Gasteiger partial charge >= 0.3 is 5.97 Å². The lowest BCUT2D eigenvalue weighted by atomic mass is 9.80. The van der Waals surface area contributed by atoms with Crippen molar-refractivity contribution in [3.63, 3.8) is 0 Å². The van der Waals surface area contributed by atoms with Gasteiger partial charge in [0, 0.05) is 17.0 Å². The van der Waals surface area contributed by atoms with Crippen molar-refractivity contribution in [3.05, 3.63) is 64.7 Å². The Kier molecular flexibility index (Phi) is 5.58. The first kappa shape index (κ1) is 22.6. The Morgan fingerprint density at radius 1 is 1.11 bits per heavy atom. The fourth-order valence-electron chi connectivity index (χ4n) is 6.45. The van der Waals surface area contributed by atoms with Crippen LogP contribution in [0.25, 0.3) is 5.69 Å². The maximum absolute atomic E-state index is 12.5. The summed E-state index contributed by atoms with van der Waals surface area (Å²) < 4.78 is 9.67. The van der Waals surface area contributed by atoms with Crippen LogP contribution in [-0.4, -0.2) is 32.1 Å². The van der Waals surface area contributed by atoms with E-state index in [0.717, 1.165) is 37.1 Å². The number of ether oxygens (including phenoxy) is 1. The van der Waals surface area contributed by atoms with Gasteiger partial charge in [0.1, 0.15) is 5.56 Å². The SMILES string of the molecule is CCOC(=O)c1cnn(-c2cccc([C@@H]3CCCC(n4ncc5c4C(C)(C)CC5)C3)c2)c1C1CC1. The minimum absolute atomic E-state index is 0.217. The number of carbonyl (C=O) groups excluding carboxylic acids is 1. The van der Waals surface area contributed by atoms with Crippen molar-refractivity contribution in [1.82, 2.24) is 19.6 Å². The molecule has 2 saturated carbocycles. The summed E-state index contributed by atoms with van der Waals surface area (Å²) in [5, 5.41) is 9.53. The average molecular weight is 473 g/mol. The number of carbonyl (C=O) groups is 1. The highest BCUT2D eigenvalue weighted by atomic mass is 16.5. The predicted octanol–water partition coefficient (Wildman–Crippen LogP) is 6.25. The third-order valence-corrected chi connectivity index (χ3v) is 8.38. The predicted molar refractivity (Wildman–Crippen MR) is 135 cm³/mol. The van der Waals surface area contributed by atoms with E-state index in [4.69, 9.17) is 9.84 Å². The number of aryl methyl sites for hydroxylation is 1. The van der Waals surface area contributed by atoms with Gasteiger partial charge < -0.3 is 4.74 Å². The summed E-state index contributed by atoms with van der Waals surface area (Å²) in [7, 11) is 0. The molecule has 0 N–H and O–H groups in total. The molecule has 0 bridgehead atoms. The molecule has 0 amide bonds. The van der Waals surface area contributed by atoms with Crippen molar-refractivity contribution >= 4 is 5.97 Å². The summed E-state index contributed by atoms with van der Waals surface area (Å²) in [5.41, 5.74) is 7.17. The van der Waals surface area contributed by atoms with Crippen LogP contribution in [-0.2, 0) is 16.6 Å². The highest BCUT2D eigenvalue weighted by Gasteiger charge is 2.37. The van der Waals surface area contributed by atoms with Crippen LogP contribution in [0.2, 0.25) is 0 Å². The summed E-state index contributed by atoms with van der Waals surface area (Å²) >= 11 is 0. The molecule has 0 aliphatic heterocycles. The van der Waals surface area contributed by atoms with Crippen molar-refractivity contribution in [1.29, 1.82) is 0 Å². The molecule has 184 valence electrons. The molecule has 2 aromatic heterocycles. The molecule has 6 nitrogen and oxygen atoms in total. The Morgan fingerprint density at radius 3 is 2.77 bits per heavy atom. The monoisotopic (exact) mass is 472 g/mol. The van der Waals surface area contributed by atoms with Gasteiger partial charge in [0.25, 0.3) is 0 Å². The number of aromatic nitrogens is 4. The zero-order valence-corrected chi connectivity index (χ0v) is 21.2. The Bertz CT molecular complexity index is 1250. The molecular weight excluding hydrogens is 436 g/mol. The Balaban J connectivity index is 1.28. The number of fused-ring (bicyclic) bond motifs is 1. The van der Waals surface area contributed by atoms with Crippen LogP contribution in [0.1, 0.15) is 116 Å². The van der Waals surface area contributed by atoms with Crippen LogP contribution < -0.4 is 0 Å². The first-order valence-corrected chi connectivity index (χ1v) is 13.4. The van der Waals surface area contributed by atoms with Gasteiger partial charge in [0.05, 0.1) is 36.4 Å². The smallest absolute Gasteiger partial charge is 0.341 e. The lowest BCUT2D eigenvalue weighted by Gasteiger charge is -2.33. The number of nitrogens with zero attached hydrogens (tertiary/aromatic N) is 4. The minimum atomic E-state index is -0.262. The van der Waals surface area contributed by atoms with Gasteiger partial charge in [-0.25, -0.2) is 9.48 Å². The van der Waals surface area contributed by atoms with Gasteiger partial charge in [0.2, 0.25) is 0 Å². The molecule has 2 fully saturated rings. The van der Waals surface area contributed by atoms with Crippen molar-refractivity contribution in [2.45, 2.75) is 95.4 Å². The van der Waals surface area contributed by atoms with E-state index < -0.39 is 0 Å². The van der Waals surface area contributed by atoms with E-state index in [0.29, 0.717) is 30.0 Å². The van der Waals surface area contributed by atoms with Crippen LogP contribution in [0.4, 0.5) is 0 Å². The molecule has 0 spiro atoms. The summed E-state index contributed by atoms with van der Waals surface area (Å²) in [6.07, 6.45) is 13.1. The summed E-state index contributed by atoms with van der Waals surface area (Å²) in [6, 6.07) is 9.27. The molecule has 0 radical (unpaired) electrons. The van der Waals surface area contributed by atoms with Gasteiger partial charge in [-0.05, 0) is 81.0 Å². The zero-order valence-electron chi connectivity index (χ0n) is 21.2. The molecule has 3 aliphatic carbocycles. The van der Waals surface area contributed by atoms with E-state index in [9.17, 15) is 4.79 Å². The number of esters is 1. The van der Waals surface area contributed by atoms with Crippen LogP contribution in [0.15, 0.2) is 36.7 Å². The average Bonchev–Trinajstić information content (AvgIpc) is 3.32. The van der Waals surface area contributed by atoms with E-state index >= 15 is 0 Å². The Labute approximate surface area is 207 Å². The van der Waals surface area contributed by atoms with Gasteiger partial charge in [-0.15, -0.1) is 0 Å². The largest absolute Gasteiger partial charge is 0.462 e. The molecule has 0 saturated heterocycles. The number of rotatable bonds is 6. The Hall–Kier alpha value is -2.89. The summed E-state index contributed by atoms with van der Waals surface area (Å²) in [6.45, 7) is 6.96. The van der Waals surface area contributed by atoms with Gasteiger partial charge in [-0.3, -0.25) is 4.68 Å². The van der Waals surface area contributed by atoms with Crippen LogP contribution >= 0.6 is 0 Å². The highest BCUT2D eigenvalue weighted by molar-refractivity contribution is 5.91.